The third kappa shape index (κ3) is 2.71. The van der Waals surface area contributed by atoms with Gasteiger partial charge >= 0.3 is 0 Å². The van der Waals surface area contributed by atoms with Crippen LogP contribution >= 0.6 is 0 Å². The molecule has 7 nitrogen and oxygen atoms in total. The highest BCUT2D eigenvalue weighted by Gasteiger charge is 2.25. The van der Waals surface area contributed by atoms with Gasteiger partial charge in [0.2, 0.25) is 5.65 Å². The summed E-state index contributed by atoms with van der Waals surface area (Å²) >= 11 is 0. The number of carbonyl (C=O) groups excluding carboxylic acids is 1. The molecule has 2 N–H and O–H groups in total. The molecule has 3 rings (SSSR count). The van der Waals surface area contributed by atoms with Gasteiger partial charge in [0, 0.05) is 19.4 Å². The van der Waals surface area contributed by atoms with Crippen LogP contribution in [0.1, 0.15) is 23.2 Å². The lowest BCUT2D eigenvalue weighted by Gasteiger charge is -2.27. The third-order valence-corrected chi connectivity index (χ3v) is 3.67. The van der Waals surface area contributed by atoms with Gasteiger partial charge in [-0.25, -0.2) is 4.98 Å². The summed E-state index contributed by atoms with van der Waals surface area (Å²) in [6.45, 7) is 1.36. The van der Waals surface area contributed by atoms with Crippen molar-refractivity contribution in [3.8, 4) is 12.3 Å². The molecule has 0 radical (unpaired) electrons. The van der Waals surface area contributed by atoms with Gasteiger partial charge in [0.1, 0.15) is 5.52 Å². The molecule has 1 fully saturated rings. The molecule has 1 saturated heterocycles. The molecule has 2 aromatic rings. The second-order valence-electron chi connectivity index (χ2n) is 4.92. The van der Waals surface area contributed by atoms with Crippen LogP contribution in [0.5, 0.6) is 0 Å². The summed E-state index contributed by atoms with van der Waals surface area (Å²) in [6.07, 6.45) is 8.80. The molecule has 0 spiro atoms. The summed E-state index contributed by atoms with van der Waals surface area (Å²) in [5.74, 6) is 2.65. The van der Waals surface area contributed by atoms with E-state index in [2.05, 4.69) is 31.6 Å². The van der Waals surface area contributed by atoms with Crippen LogP contribution in [0.2, 0.25) is 0 Å². The lowest BCUT2D eigenvalue weighted by atomic mass is 9.92. The summed E-state index contributed by atoms with van der Waals surface area (Å²) in [6, 6.07) is 1.30. The van der Waals surface area contributed by atoms with Crippen molar-refractivity contribution in [3.63, 3.8) is 0 Å². The molecular weight excluding hydrogens is 270 g/mol. The second-order valence-corrected chi connectivity index (χ2v) is 4.92. The maximum absolute atomic E-state index is 12.4. The molecule has 1 aliphatic rings. The van der Waals surface area contributed by atoms with E-state index in [1.165, 1.54) is 6.20 Å². The van der Waals surface area contributed by atoms with Crippen LogP contribution < -0.4 is 5.32 Å². The summed E-state index contributed by atoms with van der Waals surface area (Å²) in [7, 11) is 0. The molecule has 1 aliphatic heterocycles. The largest absolute Gasteiger partial charge is 0.381 e. The second kappa shape index (κ2) is 5.89. The van der Waals surface area contributed by atoms with Gasteiger partial charge in [0.25, 0.3) is 5.91 Å². The van der Waals surface area contributed by atoms with Gasteiger partial charge in [-0.3, -0.25) is 4.79 Å². The molecule has 0 aromatic carbocycles. The van der Waals surface area contributed by atoms with Gasteiger partial charge in [-0.1, -0.05) is 5.92 Å². The number of terminal acetylenes is 1. The Morgan fingerprint density at radius 1 is 1.48 bits per heavy atom. The summed E-state index contributed by atoms with van der Waals surface area (Å²) in [4.78, 5) is 16.5. The van der Waals surface area contributed by atoms with Crippen molar-refractivity contribution in [1.82, 2.24) is 25.7 Å². The predicted octanol–water partition coefficient (Wildman–Crippen LogP) is 0.511. The number of amides is 1. The van der Waals surface area contributed by atoms with Crippen molar-refractivity contribution < 1.29 is 9.53 Å². The van der Waals surface area contributed by atoms with Crippen LogP contribution in [0.3, 0.4) is 0 Å². The van der Waals surface area contributed by atoms with E-state index in [-0.39, 0.29) is 17.9 Å². The maximum Gasteiger partial charge on any atom is 0.254 e. The van der Waals surface area contributed by atoms with Crippen LogP contribution in [0, 0.1) is 18.3 Å². The zero-order valence-corrected chi connectivity index (χ0v) is 11.4. The van der Waals surface area contributed by atoms with Crippen LogP contribution in [0.15, 0.2) is 12.3 Å². The quantitative estimate of drug-likeness (QED) is 0.802. The van der Waals surface area contributed by atoms with Crippen molar-refractivity contribution in [2.24, 2.45) is 5.92 Å². The third-order valence-electron chi connectivity index (χ3n) is 3.67. The Kier molecular flexibility index (Phi) is 3.79. The Bertz CT molecular complexity index is 684. The van der Waals surface area contributed by atoms with E-state index in [1.807, 2.05) is 0 Å². The number of rotatable bonds is 3. The fourth-order valence-electron chi connectivity index (χ4n) is 2.50. The van der Waals surface area contributed by atoms with Crippen LogP contribution in [0.4, 0.5) is 0 Å². The summed E-state index contributed by atoms with van der Waals surface area (Å²) in [5, 5.41) is 13.2. The number of aromatic nitrogens is 4. The average Bonchev–Trinajstić information content (AvgIpc) is 3.01. The van der Waals surface area contributed by atoms with Crippen molar-refractivity contribution in [2.45, 2.75) is 18.9 Å². The number of aromatic amines is 1. The first-order valence-corrected chi connectivity index (χ1v) is 6.80. The highest BCUT2D eigenvalue weighted by Crippen LogP contribution is 2.19. The maximum atomic E-state index is 12.4. The fraction of sp³-hybridized carbons (Fsp3) is 0.429. The first-order chi connectivity index (χ1) is 10.3. The normalized spacial score (nSPS) is 17.3. The molecule has 21 heavy (non-hydrogen) atoms. The molecule has 1 amide bonds. The minimum Gasteiger partial charge on any atom is -0.381 e. The van der Waals surface area contributed by atoms with E-state index >= 15 is 0 Å². The van der Waals surface area contributed by atoms with Crippen LogP contribution in [0.25, 0.3) is 11.2 Å². The topological polar surface area (TPSA) is 92.8 Å². The Balaban J connectivity index is 1.78. The van der Waals surface area contributed by atoms with E-state index in [9.17, 15) is 4.79 Å². The standard InChI is InChI=1S/C14H15N5O2/c1-2-11(9-4-7-21-8-5-9)16-14(20)10-3-6-15-13-12(10)17-19-18-13/h1,3,6,9,11H,4-5,7-8H2,(H,16,20)(H,15,17,18,19). The lowest BCUT2D eigenvalue weighted by molar-refractivity contribution is 0.0579. The van der Waals surface area contributed by atoms with Crippen LogP contribution in [-0.2, 0) is 4.74 Å². The number of ether oxygens (including phenoxy) is 1. The molecule has 0 bridgehead atoms. The van der Waals surface area contributed by atoms with E-state index in [1.54, 1.807) is 6.07 Å². The number of carbonyl (C=O) groups is 1. The molecule has 2 aromatic heterocycles. The zero-order chi connectivity index (χ0) is 14.7. The van der Waals surface area contributed by atoms with E-state index in [4.69, 9.17) is 11.2 Å². The monoisotopic (exact) mass is 285 g/mol. The predicted molar refractivity (Wildman–Crippen MR) is 75.3 cm³/mol. The minimum absolute atomic E-state index is 0.238. The highest BCUT2D eigenvalue weighted by molar-refractivity contribution is 6.03. The molecule has 0 aliphatic carbocycles. The van der Waals surface area contributed by atoms with Crippen molar-refractivity contribution >= 4 is 17.1 Å². The number of hydrogen-bond donors (Lipinski definition) is 2. The van der Waals surface area contributed by atoms with Crippen molar-refractivity contribution in [2.75, 3.05) is 13.2 Å². The van der Waals surface area contributed by atoms with Crippen molar-refractivity contribution in [3.05, 3.63) is 17.8 Å². The Morgan fingerprint density at radius 2 is 2.29 bits per heavy atom. The summed E-state index contributed by atoms with van der Waals surface area (Å²) < 4.78 is 5.32. The summed E-state index contributed by atoms with van der Waals surface area (Å²) in [5.41, 5.74) is 1.27. The number of hydrogen-bond acceptors (Lipinski definition) is 5. The van der Waals surface area contributed by atoms with Gasteiger partial charge < -0.3 is 10.1 Å². The van der Waals surface area contributed by atoms with E-state index in [0.717, 1.165) is 12.8 Å². The average molecular weight is 285 g/mol. The van der Waals surface area contributed by atoms with E-state index in [0.29, 0.717) is 29.9 Å². The van der Waals surface area contributed by atoms with Crippen molar-refractivity contribution in [1.29, 1.82) is 0 Å². The number of nitrogens with one attached hydrogen (secondary N) is 2. The minimum atomic E-state index is -0.309. The number of pyridine rings is 1. The Labute approximate surface area is 121 Å². The number of H-pyrrole nitrogens is 1. The number of fused-ring (bicyclic) bond motifs is 1. The smallest absolute Gasteiger partial charge is 0.254 e. The van der Waals surface area contributed by atoms with Gasteiger partial charge in [0.15, 0.2) is 0 Å². The molecule has 1 atom stereocenters. The first-order valence-electron chi connectivity index (χ1n) is 6.80. The SMILES string of the molecule is C#CC(NC(=O)c1ccnc2n[nH]nc12)C1CCOCC1. The zero-order valence-electron chi connectivity index (χ0n) is 11.4. The highest BCUT2D eigenvalue weighted by atomic mass is 16.5. The molecule has 3 heterocycles. The van der Waals surface area contributed by atoms with E-state index < -0.39 is 0 Å². The molecule has 7 heteroatoms. The Morgan fingerprint density at radius 3 is 3.05 bits per heavy atom. The fourth-order valence-corrected chi connectivity index (χ4v) is 2.50. The van der Waals surface area contributed by atoms with Gasteiger partial charge in [-0.05, 0) is 24.8 Å². The number of nitrogens with zero attached hydrogens (tertiary/aromatic N) is 3. The molecule has 108 valence electrons. The molecular formula is C14H15N5O2. The molecule has 1 unspecified atom stereocenters. The lowest BCUT2D eigenvalue weighted by Crippen LogP contribution is -2.41. The van der Waals surface area contributed by atoms with Gasteiger partial charge in [-0.2, -0.15) is 10.3 Å². The first kappa shape index (κ1) is 13.5. The molecule has 0 saturated carbocycles. The van der Waals surface area contributed by atoms with Crippen LogP contribution in [-0.4, -0.2) is 45.6 Å². The van der Waals surface area contributed by atoms with Gasteiger partial charge in [0.05, 0.1) is 11.6 Å². The Hall–Kier alpha value is -2.46. The van der Waals surface area contributed by atoms with Gasteiger partial charge in [-0.15, -0.1) is 11.5 Å².